The number of amides is 1. The normalized spacial score (nSPS) is 18.1. The largest absolute Gasteiger partial charge is 0.478 e. The zero-order valence-electron chi connectivity index (χ0n) is 13.8. The maximum Gasteiger partial charge on any atom is 0.261 e. The molecule has 1 N–H and O–H groups in total. The van der Waals surface area contributed by atoms with E-state index in [2.05, 4.69) is 19.2 Å². The highest BCUT2D eigenvalue weighted by Crippen LogP contribution is 2.33. The fourth-order valence-corrected chi connectivity index (χ4v) is 3.40. The molecule has 1 amide bonds. The number of sulfonamides is 1. The summed E-state index contributed by atoms with van der Waals surface area (Å²) in [4.78, 5) is 12.3. The van der Waals surface area contributed by atoms with Gasteiger partial charge in [-0.25, -0.2) is 8.42 Å². The second kappa shape index (κ2) is 7.21. The van der Waals surface area contributed by atoms with E-state index >= 15 is 0 Å². The predicted octanol–water partition coefficient (Wildman–Crippen LogP) is 1.77. The Bertz CT molecular complexity index is 658. The van der Waals surface area contributed by atoms with Gasteiger partial charge in [-0.1, -0.05) is 26.0 Å². The van der Waals surface area contributed by atoms with Crippen molar-refractivity contribution < 1.29 is 17.9 Å². The molecule has 1 aliphatic heterocycles. The molecule has 6 nitrogen and oxygen atoms in total. The molecule has 1 unspecified atom stereocenters. The first-order chi connectivity index (χ1) is 10.8. The second-order valence-electron chi connectivity index (χ2n) is 6.17. The van der Waals surface area contributed by atoms with Crippen molar-refractivity contribution in [3.8, 4) is 5.75 Å². The molecule has 1 heterocycles. The highest BCUT2D eigenvalue weighted by atomic mass is 32.2. The fourth-order valence-electron chi connectivity index (χ4n) is 2.46. The average molecular weight is 340 g/mol. The minimum Gasteiger partial charge on any atom is -0.478 e. The number of ether oxygens (including phenoxy) is 1. The van der Waals surface area contributed by atoms with Crippen molar-refractivity contribution in [3.05, 3.63) is 24.3 Å². The molecule has 1 aromatic carbocycles. The Morgan fingerprint density at radius 3 is 2.74 bits per heavy atom. The first-order valence-electron chi connectivity index (χ1n) is 7.80. The molecule has 0 aromatic heterocycles. The lowest BCUT2D eigenvalue weighted by Gasteiger charge is -2.20. The number of carbonyl (C=O) groups is 1. The molecule has 1 aliphatic rings. The molecule has 2 rings (SSSR count). The van der Waals surface area contributed by atoms with E-state index in [1.165, 1.54) is 4.31 Å². The lowest BCUT2D eigenvalue weighted by atomic mass is 10.1. The van der Waals surface area contributed by atoms with Gasteiger partial charge in [0.05, 0.1) is 11.9 Å². The quantitative estimate of drug-likeness (QED) is 0.886. The highest BCUT2D eigenvalue weighted by Gasteiger charge is 2.30. The van der Waals surface area contributed by atoms with Crippen LogP contribution in [0.25, 0.3) is 0 Å². The van der Waals surface area contributed by atoms with Crippen molar-refractivity contribution in [2.24, 2.45) is 5.92 Å². The van der Waals surface area contributed by atoms with Crippen molar-refractivity contribution in [2.45, 2.75) is 32.8 Å². The third kappa shape index (κ3) is 4.60. The molecule has 0 radical (unpaired) electrons. The van der Waals surface area contributed by atoms with Gasteiger partial charge in [-0.2, -0.15) is 0 Å². The molecule has 7 heteroatoms. The molecule has 0 saturated heterocycles. The highest BCUT2D eigenvalue weighted by molar-refractivity contribution is 7.92. The van der Waals surface area contributed by atoms with Gasteiger partial charge in [0, 0.05) is 19.5 Å². The standard InChI is InChI=1S/C16H24N2O4S/c1-12(2)8-10-17-16(19)15-9-11-18(23(3,20)21)13-6-4-5-7-14(13)22-15/h4-7,12,15H,8-11H2,1-3H3,(H,17,19). The van der Waals surface area contributed by atoms with E-state index in [9.17, 15) is 13.2 Å². The van der Waals surface area contributed by atoms with Crippen LogP contribution in [0.4, 0.5) is 5.69 Å². The third-order valence-electron chi connectivity index (χ3n) is 3.71. The number of nitrogens with zero attached hydrogens (tertiary/aromatic N) is 1. The van der Waals surface area contributed by atoms with Crippen LogP contribution in [0.1, 0.15) is 26.7 Å². The second-order valence-corrected chi connectivity index (χ2v) is 8.08. The Labute approximate surface area is 137 Å². The van der Waals surface area contributed by atoms with E-state index in [1.54, 1.807) is 24.3 Å². The lowest BCUT2D eigenvalue weighted by Crippen LogP contribution is -2.40. The van der Waals surface area contributed by atoms with Gasteiger partial charge in [0.1, 0.15) is 5.75 Å². The summed E-state index contributed by atoms with van der Waals surface area (Å²) in [5, 5.41) is 2.86. The van der Waals surface area contributed by atoms with Crippen molar-refractivity contribution in [3.63, 3.8) is 0 Å². The van der Waals surface area contributed by atoms with Crippen LogP contribution in [-0.4, -0.2) is 39.8 Å². The summed E-state index contributed by atoms with van der Waals surface area (Å²) in [6, 6.07) is 6.89. The van der Waals surface area contributed by atoms with Crippen LogP contribution in [-0.2, 0) is 14.8 Å². The Hall–Kier alpha value is -1.76. The zero-order valence-corrected chi connectivity index (χ0v) is 14.6. The number of nitrogens with one attached hydrogen (secondary N) is 1. The van der Waals surface area contributed by atoms with Gasteiger partial charge in [-0.05, 0) is 24.5 Å². The maximum absolute atomic E-state index is 12.3. The molecule has 23 heavy (non-hydrogen) atoms. The molecule has 0 bridgehead atoms. The summed E-state index contributed by atoms with van der Waals surface area (Å²) in [6.45, 7) is 5.00. The van der Waals surface area contributed by atoms with E-state index in [1.807, 2.05) is 0 Å². The smallest absolute Gasteiger partial charge is 0.261 e. The molecule has 0 aliphatic carbocycles. The number of fused-ring (bicyclic) bond motifs is 1. The van der Waals surface area contributed by atoms with Gasteiger partial charge >= 0.3 is 0 Å². The molecular weight excluding hydrogens is 316 g/mol. The summed E-state index contributed by atoms with van der Waals surface area (Å²) >= 11 is 0. The van der Waals surface area contributed by atoms with Crippen LogP contribution in [0.5, 0.6) is 5.75 Å². The van der Waals surface area contributed by atoms with Gasteiger partial charge < -0.3 is 10.1 Å². The summed E-state index contributed by atoms with van der Waals surface area (Å²) in [7, 11) is -3.42. The van der Waals surface area contributed by atoms with Crippen LogP contribution < -0.4 is 14.4 Å². The average Bonchev–Trinajstić information content (AvgIpc) is 2.65. The number of anilines is 1. The molecule has 1 atom stereocenters. The Kier molecular flexibility index (Phi) is 5.51. The minimum absolute atomic E-state index is 0.198. The van der Waals surface area contributed by atoms with Crippen molar-refractivity contribution >= 4 is 21.6 Å². The Morgan fingerprint density at radius 1 is 1.39 bits per heavy atom. The van der Waals surface area contributed by atoms with Gasteiger partial charge in [-0.3, -0.25) is 9.10 Å². The van der Waals surface area contributed by atoms with E-state index in [0.29, 0.717) is 30.3 Å². The van der Waals surface area contributed by atoms with Crippen molar-refractivity contribution in [2.75, 3.05) is 23.7 Å². The maximum atomic E-state index is 12.3. The summed E-state index contributed by atoms with van der Waals surface area (Å²) in [6.07, 6.45) is 1.68. The topological polar surface area (TPSA) is 75.7 Å². The predicted molar refractivity (Wildman–Crippen MR) is 90.1 cm³/mol. The molecular formula is C16H24N2O4S. The van der Waals surface area contributed by atoms with Gasteiger partial charge in [0.15, 0.2) is 6.10 Å². The monoisotopic (exact) mass is 340 g/mol. The number of benzene rings is 1. The molecule has 128 valence electrons. The number of rotatable bonds is 5. The van der Waals surface area contributed by atoms with E-state index in [0.717, 1.165) is 12.7 Å². The van der Waals surface area contributed by atoms with E-state index < -0.39 is 16.1 Å². The van der Waals surface area contributed by atoms with Crippen LogP contribution in [0, 0.1) is 5.92 Å². The molecule has 0 saturated carbocycles. The SMILES string of the molecule is CC(C)CCNC(=O)C1CCN(S(C)(=O)=O)c2ccccc2O1. The Balaban J connectivity index is 2.15. The van der Waals surface area contributed by atoms with Gasteiger partial charge in [0.2, 0.25) is 10.0 Å². The van der Waals surface area contributed by atoms with Crippen LogP contribution in [0.15, 0.2) is 24.3 Å². The number of hydrogen-bond donors (Lipinski definition) is 1. The number of para-hydroxylation sites is 2. The van der Waals surface area contributed by atoms with Gasteiger partial charge in [-0.15, -0.1) is 0 Å². The van der Waals surface area contributed by atoms with Gasteiger partial charge in [0.25, 0.3) is 5.91 Å². The molecule has 0 spiro atoms. The first kappa shape index (κ1) is 17.6. The summed E-state index contributed by atoms with van der Waals surface area (Å²) < 4.78 is 31.1. The molecule has 0 fully saturated rings. The van der Waals surface area contributed by atoms with E-state index in [-0.39, 0.29) is 12.5 Å². The summed E-state index contributed by atoms with van der Waals surface area (Å²) in [5.41, 5.74) is 0.479. The van der Waals surface area contributed by atoms with Crippen LogP contribution >= 0.6 is 0 Å². The third-order valence-corrected chi connectivity index (χ3v) is 4.89. The van der Waals surface area contributed by atoms with Crippen LogP contribution in [0.2, 0.25) is 0 Å². The lowest BCUT2D eigenvalue weighted by molar-refractivity contribution is -0.128. The number of hydrogen-bond acceptors (Lipinski definition) is 4. The fraction of sp³-hybridized carbons (Fsp3) is 0.562. The minimum atomic E-state index is -3.42. The van der Waals surface area contributed by atoms with E-state index in [4.69, 9.17) is 4.74 Å². The zero-order chi connectivity index (χ0) is 17.0. The van der Waals surface area contributed by atoms with Crippen molar-refractivity contribution in [1.82, 2.24) is 5.32 Å². The molecule has 1 aromatic rings. The summed E-state index contributed by atoms with van der Waals surface area (Å²) in [5.74, 6) is 0.724. The first-order valence-corrected chi connectivity index (χ1v) is 9.65. The van der Waals surface area contributed by atoms with Crippen molar-refractivity contribution in [1.29, 1.82) is 0 Å². The van der Waals surface area contributed by atoms with Crippen LogP contribution in [0.3, 0.4) is 0 Å². The Morgan fingerprint density at radius 2 is 2.09 bits per heavy atom. The number of carbonyl (C=O) groups excluding carboxylic acids is 1.